The highest BCUT2D eigenvalue weighted by atomic mass is 16.6. The van der Waals surface area contributed by atoms with Crippen LogP contribution in [-0.2, 0) is 0 Å². The number of carbonyl (C=O) groups is 4. The summed E-state index contributed by atoms with van der Waals surface area (Å²) >= 11 is 0. The molecule has 0 saturated heterocycles. The maximum Gasteiger partial charge on any atom is 0.344 e. The topological polar surface area (TPSA) is 96.0 Å². The molecule has 9 aromatic carbocycles. The van der Waals surface area contributed by atoms with E-state index in [0.29, 0.717) is 21.5 Å². The monoisotopic (exact) mass is 742 g/mol. The molecule has 0 atom stereocenters. The van der Waals surface area contributed by atoms with Gasteiger partial charge in [-0.25, -0.2) is 14.4 Å². The molecule has 0 aliphatic heterocycles. The van der Waals surface area contributed by atoms with Crippen molar-refractivity contribution in [3.8, 4) is 17.2 Å². The second-order valence-corrected chi connectivity index (χ2v) is 13.4. The van der Waals surface area contributed by atoms with Gasteiger partial charge >= 0.3 is 17.9 Å². The fourth-order valence-corrected chi connectivity index (χ4v) is 7.26. The predicted octanol–water partition coefficient (Wildman–Crippen LogP) is 11.2. The van der Waals surface area contributed by atoms with Crippen LogP contribution in [0.5, 0.6) is 17.2 Å². The first-order valence-corrected chi connectivity index (χ1v) is 18.2. The number of hydrogen-bond donors (Lipinski definition) is 0. The summed E-state index contributed by atoms with van der Waals surface area (Å²) in [6.07, 6.45) is 0. The molecule has 0 N–H and O–H groups in total. The molecule has 0 aliphatic rings. The molecule has 9 aromatic rings. The first-order valence-electron chi connectivity index (χ1n) is 18.2. The molecule has 0 amide bonds. The average molecular weight is 743 g/mol. The van der Waals surface area contributed by atoms with Gasteiger partial charge in [0.1, 0.15) is 0 Å². The number of rotatable bonds is 8. The Morgan fingerprint density at radius 3 is 1.12 bits per heavy atom. The second-order valence-electron chi connectivity index (χ2n) is 13.4. The molecule has 0 aromatic heterocycles. The van der Waals surface area contributed by atoms with E-state index >= 15 is 0 Å². The predicted molar refractivity (Wildman–Crippen MR) is 221 cm³/mol. The van der Waals surface area contributed by atoms with E-state index in [4.69, 9.17) is 14.2 Å². The summed E-state index contributed by atoms with van der Waals surface area (Å²) in [6, 6.07) is 53.0. The molecule has 7 nitrogen and oxygen atoms in total. The van der Waals surface area contributed by atoms with E-state index in [2.05, 4.69) is 0 Å². The van der Waals surface area contributed by atoms with Crippen LogP contribution in [0.15, 0.2) is 182 Å². The van der Waals surface area contributed by atoms with E-state index in [1.54, 1.807) is 109 Å². The molecular formula is C50H30O7. The molecule has 0 heterocycles. The van der Waals surface area contributed by atoms with Crippen molar-refractivity contribution in [1.29, 1.82) is 0 Å². The van der Waals surface area contributed by atoms with Crippen LogP contribution >= 0.6 is 0 Å². The SMILES string of the molecule is O=C(Oc1c(OC(=O)c2cccc3ccccc23)c(C(=O)c2ccccc2)c2ccccc2c1OC(=O)c1cccc2ccccc12)c1cccc2ccccc12. The standard InChI is InChI=1S/C50H30O7/c51-44(34-18-2-1-3-19-34)43-38-26-10-11-27-39(38)45(55-48(52)40-28-12-20-31-15-4-7-23-35(31)40)47(57-50(54)42-30-14-22-33-17-6-9-25-37(33)42)46(43)56-49(53)41-29-13-21-32-16-5-8-24-36(32)41/h1-30H. The molecular weight excluding hydrogens is 713 g/mol. The zero-order valence-electron chi connectivity index (χ0n) is 30.2. The lowest BCUT2D eigenvalue weighted by Crippen LogP contribution is -2.18. The first kappa shape index (κ1) is 34.8. The molecule has 0 bridgehead atoms. The highest BCUT2D eigenvalue weighted by molar-refractivity contribution is 6.22. The van der Waals surface area contributed by atoms with Crippen LogP contribution < -0.4 is 14.2 Å². The Morgan fingerprint density at radius 1 is 0.298 bits per heavy atom. The van der Waals surface area contributed by atoms with Gasteiger partial charge in [-0.1, -0.05) is 164 Å². The van der Waals surface area contributed by atoms with Gasteiger partial charge in [0.2, 0.25) is 5.75 Å². The zero-order chi connectivity index (χ0) is 38.9. The van der Waals surface area contributed by atoms with E-state index in [-0.39, 0.29) is 44.7 Å². The van der Waals surface area contributed by atoms with Gasteiger partial charge in [0.15, 0.2) is 17.3 Å². The maximum atomic E-state index is 14.8. The fourth-order valence-electron chi connectivity index (χ4n) is 7.26. The Balaban J connectivity index is 1.31. The Morgan fingerprint density at radius 2 is 0.649 bits per heavy atom. The number of ether oxygens (including phenoxy) is 3. The van der Waals surface area contributed by atoms with Gasteiger partial charge < -0.3 is 14.2 Å². The summed E-state index contributed by atoms with van der Waals surface area (Å²) in [6.45, 7) is 0. The van der Waals surface area contributed by atoms with Crippen molar-refractivity contribution in [3.63, 3.8) is 0 Å². The van der Waals surface area contributed by atoms with E-state index in [0.717, 1.165) is 16.2 Å². The number of benzene rings is 9. The van der Waals surface area contributed by atoms with Crippen molar-refractivity contribution < 1.29 is 33.4 Å². The summed E-state index contributed by atoms with van der Waals surface area (Å²) in [7, 11) is 0. The van der Waals surface area contributed by atoms with Gasteiger partial charge in [0, 0.05) is 16.3 Å². The third kappa shape index (κ3) is 6.43. The van der Waals surface area contributed by atoms with Crippen molar-refractivity contribution in [2.75, 3.05) is 0 Å². The number of esters is 3. The van der Waals surface area contributed by atoms with Crippen molar-refractivity contribution in [3.05, 3.63) is 210 Å². The number of fused-ring (bicyclic) bond motifs is 4. The molecule has 0 fully saturated rings. The Hall–Kier alpha value is -7.90. The van der Waals surface area contributed by atoms with Crippen LogP contribution in [0.4, 0.5) is 0 Å². The molecule has 272 valence electrons. The number of carbonyl (C=O) groups excluding carboxylic acids is 4. The average Bonchev–Trinajstić information content (AvgIpc) is 3.26. The summed E-state index contributed by atoms with van der Waals surface area (Å²) in [4.78, 5) is 58.1. The smallest absolute Gasteiger partial charge is 0.344 e. The molecule has 9 rings (SSSR count). The molecule has 0 aliphatic carbocycles. The van der Waals surface area contributed by atoms with Crippen LogP contribution in [0.2, 0.25) is 0 Å². The van der Waals surface area contributed by atoms with Crippen molar-refractivity contribution in [2.24, 2.45) is 0 Å². The van der Waals surface area contributed by atoms with Crippen LogP contribution in [0.1, 0.15) is 47.0 Å². The highest BCUT2D eigenvalue weighted by Gasteiger charge is 2.33. The molecule has 7 heteroatoms. The minimum absolute atomic E-state index is 0.0592. The van der Waals surface area contributed by atoms with E-state index in [1.165, 1.54) is 0 Å². The van der Waals surface area contributed by atoms with Crippen LogP contribution in [0, 0.1) is 0 Å². The van der Waals surface area contributed by atoms with Crippen LogP contribution in [0.25, 0.3) is 43.1 Å². The van der Waals surface area contributed by atoms with Gasteiger partial charge in [0.25, 0.3) is 0 Å². The minimum atomic E-state index is -0.829. The van der Waals surface area contributed by atoms with Gasteiger partial charge in [-0.15, -0.1) is 0 Å². The van der Waals surface area contributed by atoms with E-state index in [9.17, 15) is 19.2 Å². The lowest BCUT2D eigenvalue weighted by Gasteiger charge is -2.21. The lowest BCUT2D eigenvalue weighted by molar-refractivity contribution is 0.0660. The van der Waals surface area contributed by atoms with E-state index in [1.807, 2.05) is 72.8 Å². The van der Waals surface area contributed by atoms with Gasteiger partial charge in [-0.05, 0) is 50.5 Å². The maximum absolute atomic E-state index is 14.8. The highest BCUT2D eigenvalue weighted by Crippen LogP contribution is 2.49. The van der Waals surface area contributed by atoms with Crippen molar-refractivity contribution in [2.45, 2.75) is 0 Å². The molecule has 0 unspecified atom stereocenters. The Bertz CT molecular complexity index is 3060. The fraction of sp³-hybridized carbons (Fsp3) is 0. The summed E-state index contributed by atoms with van der Waals surface area (Å²) in [5.74, 6) is -3.91. The van der Waals surface area contributed by atoms with Gasteiger partial charge in [-0.3, -0.25) is 4.79 Å². The molecule has 0 saturated carbocycles. The van der Waals surface area contributed by atoms with Crippen molar-refractivity contribution in [1.82, 2.24) is 0 Å². The first-order chi connectivity index (χ1) is 28.0. The number of hydrogen-bond acceptors (Lipinski definition) is 7. The Kier molecular flexibility index (Phi) is 9.01. The largest absolute Gasteiger partial charge is 0.418 e. The van der Waals surface area contributed by atoms with Crippen molar-refractivity contribution >= 4 is 66.8 Å². The molecule has 0 spiro atoms. The minimum Gasteiger partial charge on any atom is -0.418 e. The van der Waals surface area contributed by atoms with Crippen LogP contribution in [0.3, 0.4) is 0 Å². The third-order valence-electron chi connectivity index (χ3n) is 9.96. The summed E-state index contributed by atoms with van der Waals surface area (Å²) < 4.78 is 18.9. The summed E-state index contributed by atoms with van der Waals surface area (Å²) in [5, 5.41) is 4.83. The lowest BCUT2D eigenvalue weighted by atomic mass is 9.94. The number of ketones is 1. The summed E-state index contributed by atoms with van der Waals surface area (Å²) in [5.41, 5.74) is 0.894. The quantitative estimate of drug-likeness (QED) is 0.0868. The molecule has 0 radical (unpaired) electrons. The van der Waals surface area contributed by atoms with Crippen LogP contribution in [-0.4, -0.2) is 23.7 Å². The van der Waals surface area contributed by atoms with E-state index < -0.39 is 29.4 Å². The zero-order valence-corrected chi connectivity index (χ0v) is 30.2. The molecule has 57 heavy (non-hydrogen) atoms. The van der Waals surface area contributed by atoms with Gasteiger partial charge in [0.05, 0.1) is 22.3 Å². The third-order valence-corrected chi connectivity index (χ3v) is 9.96. The van der Waals surface area contributed by atoms with Gasteiger partial charge in [-0.2, -0.15) is 0 Å². The normalized spacial score (nSPS) is 11.1. The Labute approximate surface area is 326 Å². The second kappa shape index (κ2) is 14.7.